The molecule has 1 heteroatoms. The second-order valence-electron chi connectivity index (χ2n) is 2.72. The lowest BCUT2D eigenvalue weighted by molar-refractivity contribution is 0.726. The maximum absolute atomic E-state index is 2.45. The largest absolute Gasteiger partial charge is 0.110 e. The quantitative estimate of drug-likeness (QED) is 0.474. The summed E-state index contributed by atoms with van der Waals surface area (Å²) in [7, 11) is 0.482. The van der Waals surface area contributed by atoms with Crippen LogP contribution in [0.4, 0.5) is 0 Å². The number of hydrogen-bond acceptors (Lipinski definition) is 0. The molecule has 0 N–H and O–H groups in total. The first kappa shape index (κ1) is 10.4. The van der Waals surface area contributed by atoms with Crippen molar-refractivity contribution in [2.24, 2.45) is 0 Å². The average Bonchev–Trinajstić information content (AvgIpc) is 2.21. The Morgan fingerprint density at radius 3 is 1.60 bits per heavy atom. The van der Waals surface area contributed by atoms with Gasteiger partial charge in [0.2, 0.25) is 0 Å². The van der Waals surface area contributed by atoms with Crippen LogP contribution in [0.25, 0.3) is 0 Å². The van der Waals surface area contributed by atoms with Gasteiger partial charge in [0.15, 0.2) is 0 Å². The molecule has 1 saturated heterocycles. The fraction of sp³-hybridized carbons (Fsp3) is 1.00. The van der Waals surface area contributed by atoms with Gasteiger partial charge in [-0.2, -0.15) is 0 Å². The maximum atomic E-state index is 2.45. The van der Waals surface area contributed by atoms with Gasteiger partial charge in [0.25, 0.3) is 0 Å². The van der Waals surface area contributed by atoms with E-state index >= 15 is 0 Å². The Bertz CT molecular complexity index is 53.7. The van der Waals surface area contributed by atoms with Crippen molar-refractivity contribution in [1.29, 1.82) is 0 Å². The predicted octanol–water partition coefficient (Wildman–Crippen LogP) is 3.70. The van der Waals surface area contributed by atoms with E-state index in [1.54, 1.807) is 12.3 Å². The molecule has 0 spiro atoms. The first-order valence-corrected chi connectivity index (χ1v) is 6.74. The highest BCUT2D eigenvalue weighted by Gasteiger charge is 2.04. The van der Waals surface area contributed by atoms with Crippen LogP contribution in [-0.2, 0) is 0 Å². The van der Waals surface area contributed by atoms with Crippen molar-refractivity contribution in [1.82, 2.24) is 0 Å². The molecule has 0 radical (unpaired) electrons. The second-order valence-corrected chi connectivity index (χ2v) is 5.32. The number of hydrogen-bond donors (Lipinski definition) is 0. The van der Waals surface area contributed by atoms with Crippen LogP contribution < -0.4 is 0 Å². The van der Waals surface area contributed by atoms with Crippen molar-refractivity contribution in [2.75, 3.05) is 19.0 Å². The van der Waals surface area contributed by atoms with E-state index in [4.69, 9.17) is 0 Å². The van der Waals surface area contributed by atoms with Crippen molar-refractivity contribution < 1.29 is 0 Å². The highest BCUT2D eigenvalue weighted by atomic mass is 31.1. The van der Waals surface area contributed by atoms with E-state index in [0.29, 0.717) is 7.92 Å². The molecule has 0 amide bonds. The number of rotatable bonds is 0. The van der Waals surface area contributed by atoms with Crippen LogP contribution in [0.5, 0.6) is 0 Å². The molecule has 1 rings (SSSR count). The molecule has 0 bridgehead atoms. The Kier molecular flexibility index (Phi) is 7.86. The molecule has 0 aromatic heterocycles. The molecule has 1 fully saturated rings. The van der Waals surface area contributed by atoms with Crippen LogP contribution in [0.3, 0.4) is 0 Å². The van der Waals surface area contributed by atoms with Gasteiger partial charge in [-0.1, -0.05) is 26.7 Å². The smallest absolute Gasteiger partial charge is 0.0328 e. The summed E-state index contributed by atoms with van der Waals surface area (Å²) in [5.41, 5.74) is 0. The monoisotopic (exact) mass is 160 g/mol. The molecular formula is C9H21P. The lowest BCUT2D eigenvalue weighted by Crippen LogP contribution is -1.80. The molecule has 10 heavy (non-hydrogen) atoms. The average molecular weight is 160 g/mol. The second kappa shape index (κ2) is 7.54. The van der Waals surface area contributed by atoms with Crippen LogP contribution in [0.1, 0.15) is 39.5 Å². The molecule has 1 aliphatic rings. The standard InChI is InChI=1S/C7H15P.C2H6/c1-8-6-4-2-3-5-7-8;1-2/h2-7H2,1H3;1-2H3. The predicted molar refractivity (Wildman–Crippen MR) is 52.4 cm³/mol. The molecule has 0 aliphatic carbocycles. The van der Waals surface area contributed by atoms with E-state index in [0.717, 1.165) is 0 Å². The van der Waals surface area contributed by atoms with Gasteiger partial charge in [0.1, 0.15) is 0 Å². The van der Waals surface area contributed by atoms with Crippen molar-refractivity contribution in [2.45, 2.75) is 39.5 Å². The summed E-state index contributed by atoms with van der Waals surface area (Å²) >= 11 is 0. The summed E-state index contributed by atoms with van der Waals surface area (Å²) in [5.74, 6) is 0. The van der Waals surface area contributed by atoms with Crippen LogP contribution in [0.15, 0.2) is 0 Å². The first-order valence-electron chi connectivity index (χ1n) is 4.58. The van der Waals surface area contributed by atoms with E-state index in [9.17, 15) is 0 Å². The fourth-order valence-electron chi connectivity index (χ4n) is 1.23. The summed E-state index contributed by atoms with van der Waals surface area (Å²) in [6, 6.07) is 0. The zero-order valence-electron chi connectivity index (χ0n) is 7.69. The van der Waals surface area contributed by atoms with Gasteiger partial charge in [-0.15, -0.1) is 7.92 Å². The van der Waals surface area contributed by atoms with Crippen LogP contribution >= 0.6 is 7.92 Å². The first-order chi connectivity index (χ1) is 4.89. The van der Waals surface area contributed by atoms with Gasteiger partial charge in [-0.3, -0.25) is 0 Å². The third kappa shape index (κ3) is 5.23. The van der Waals surface area contributed by atoms with Gasteiger partial charge in [-0.25, -0.2) is 0 Å². The third-order valence-electron chi connectivity index (χ3n) is 1.83. The molecule has 1 aliphatic heterocycles. The van der Waals surface area contributed by atoms with Crippen molar-refractivity contribution >= 4 is 7.92 Å². The summed E-state index contributed by atoms with van der Waals surface area (Å²) < 4.78 is 0. The third-order valence-corrected chi connectivity index (χ3v) is 3.99. The lowest BCUT2D eigenvalue weighted by atomic mass is 10.2. The van der Waals surface area contributed by atoms with Crippen molar-refractivity contribution in [3.63, 3.8) is 0 Å². The fourth-order valence-corrected chi connectivity index (χ4v) is 2.98. The highest BCUT2D eigenvalue weighted by molar-refractivity contribution is 7.56. The Balaban J connectivity index is 0.000000371. The molecular weight excluding hydrogens is 139 g/mol. The van der Waals surface area contributed by atoms with Crippen LogP contribution in [0.2, 0.25) is 0 Å². The van der Waals surface area contributed by atoms with E-state index in [1.165, 1.54) is 25.7 Å². The maximum Gasteiger partial charge on any atom is -0.0328 e. The highest BCUT2D eigenvalue weighted by Crippen LogP contribution is 2.35. The summed E-state index contributed by atoms with van der Waals surface area (Å²) in [6.45, 7) is 6.45. The Labute approximate surface area is 67.2 Å². The van der Waals surface area contributed by atoms with Gasteiger partial charge < -0.3 is 0 Å². The molecule has 0 saturated carbocycles. The Morgan fingerprint density at radius 1 is 0.800 bits per heavy atom. The summed E-state index contributed by atoms with van der Waals surface area (Å²) in [5, 5.41) is 0. The van der Waals surface area contributed by atoms with Crippen molar-refractivity contribution in [3.8, 4) is 0 Å². The minimum absolute atomic E-state index is 0.482. The molecule has 0 nitrogen and oxygen atoms in total. The van der Waals surface area contributed by atoms with Gasteiger partial charge >= 0.3 is 0 Å². The SMILES string of the molecule is CC.CP1CCCCCC1. The molecule has 0 unspecified atom stereocenters. The molecule has 0 aromatic rings. The Morgan fingerprint density at radius 2 is 1.20 bits per heavy atom. The van der Waals surface area contributed by atoms with Gasteiger partial charge in [0.05, 0.1) is 0 Å². The zero-order valence-corrected chi connectivity index (χ0v) is 8.58. The van der Waals surface area contributed by atoms with E-state index < -0.39 is 0 Å². The van der Waals surface area contributed by atoms with E-state index in [1.807, 2.05) is 13.8 Å². The van der Waals surface area contributed by atoms with Crippen LogP contribution in [0, 0.1) is 0 Å². The van der Waals surface area contributed by atoms with E-state index in [2.05, 4.69) is 6.66 Å². The van der Waals surface area contributed by atoms with Gasteiger partial charge in [-0.05, 0) is 31.8 Å². The molecule has 1 heterocycles. The molecule has 0 aromatic carbocycles. The summed E-state index contributed by atoms with van der Waals surface area (Å²) in [4.78, 5) is 0. The normalized spacial score (nSPS) is 20.7. The minimum atomic E-state index is 0.482. The molecule has 62 valence electrons. The molecule has 0 atom stereocenters. The lowest BCUT2D eigenvalue weighted by Gasteiger charge is -2.04. The van der Waals surface area contributed by atoms with E-state index in [-0.39, 0.29) is 0 Å². The summed E-state index contributed by atoms with van der Waals surface area (Å²) in [6.07, 6.45) is 9.15. The van der Waals surface area contributed by atoms with Crippen LogP contribution in [-0.4, -0.2) is 19.0 Å². The van der Waals surface area contributed by atoms with Crippen molar-refractivity contribution in [3.05, 3.63) is 0 Å². The van der Waals surface area contributed by atoms with Gasteiger partial charge in [0, 0.05) is 0 Å². The minimum Gasteiger partial charge on any atom is -0.110 e. The topological polar surface area (TPSA) is 0 Å². The zero-order chi connectivity index (χ0) is 7.82. The Hall–Kier alpha value is 0.430.